The largest absolute Gasteiger partial charge is 0.361 e. The van der Waals surface area contributed by atoms with Crippen LogP contribution in [0.2, 0.25) is 0 Å². The van der Waals surface area contributed by atoms with Crippen molar-refractivity contribution in [3.8, 4) is 11.1 Å². The number of aromatic nitrogens is 1. The molecule has 0 bridgehead atoms. The van der Waals surface area contributed by atoms with Crippen molar-refractivity contribution in [3.05, 3.63) is 72.4 Å². The first-order valence-corrected chi connectivity index (χ1v) is 10.4. The first-order valence-electron chi connectivity index (χ1n) is 10.4. The Labute approximate surface area is 176 Å². The zero-order valence-corrected chi connectivity index (χ0v) is 17.4. The Morgan fingerprint density at radius 2 is 1.80 bits per heavy atom. The zero-order valence-electron chi connectivity index (χ0n) is 17.4. The molecule has 0 fully saturated rings. The van der Waals surface area contributed by atoms with E-state index in [1.54, 1.807) is 0 Å². The third-order valence-corrected chi connectivity index (χ3v) is 5.62. The lowest BCUT2D eigenvalue weighted by atomic mass is 9.96. The third kappa shape index (κ3) is 3.99. The molecule has 0 aliphatic heterocycles. The minimum atomic E-state index is -0.404. The van der Waals surface area contributed by atoms with Gasteiger partial charge in [-0.3, -0.25) is 9.59 Å². The third-order valence-electron chi connectivity index (χ3n) is 5.62. The van der Waals surface area contributed by atoms with E-state index in [1.807, 2.05) is 19.2 Å². The standard InChI is InChI=1S/C26H26N2O2/c1-3-7-24(17(2)29)28-26(30)15-20-16-27-25-13-12-19(14-23(20)25)22-11-6-9-18-8-4-5-10-21(18)22/h4-6,8-14,16,24,27H,3,7,15H2,1-2H3,(H,28,30)/t24-/m0/s1. The van der Waals surface area contributed by atoms with Gasteiger partial charge in [0.05, 0.1) is 12.5 Å². The van der Waals surface area contributed by atoms with Crippen molar-refractivity contribution in [1.29, 1.82) is 0 Å². The van der Waals surface area contributed by atoms with Crippen LogP contribution in [0.5, 0.6) is 0 Å². The molecule has 4 aromatic rings. The first-order chi connectivity index (χ1) is 14.6. The molecule has 1 atom stereocenters. The number of benzene rings is 3. The van der Waals surface area contributed by atoms with Crippen molar-refractivity contribution >= 4 is 33.4 Å². The average Bonchev–Trinajstić information content (AvgIpc) is 3.14. The summed E-state index contributed by atoms with van der Waals surface area (Å²) in [5.41, 5.74) is 4.22. The lowest BCUT2D eigenvalue weighted by Gasteiger charge is -2.14. The van der Waals surface area contributed by atoms with Gasteiger partial charge >= 0.3 is 0 Å². The minimum Gasteiger partial charge on any atom is -0.361 e. The maximum Gasteiger partial charge on any atom is 0.225 e. The maximum atomic E-state index is 12.6. The van der Waals surface area contributed by atoms with Gasteiger partial charge in [-0.2, -0.15) is 0 Å². The summed E-state index contributed by atoms with van der Waals surface area (Å²) in [5.74, 6) is -0.123. The number of carbonyl (C=O) groups is 2. The Morgan fingerprint density at radius 1 is 1.00 bits per heavy atom. The second kappa shape index (κ2) is 8.54. The number of carbonyl (C=O) groups excluding carboxylic acids is 2. The van der Waals surface area contributed by atoms with E-state index in [0.717, 1.165) is 28.5 Å². The molecular weight excluding hydrogens is 372 g/mol. The predicted molar refractivity (Wildman–Crippen MR) is 122 cm³/mol. The van der Waals surface area contributed by atoms with Gasteiger partial charge in [0, 0.05) is 17.1 Å². The zero-order chi connectivity index (χ0) is 21.1. The highest BCUT2D eigenvalue weighted by atomic mass is 16.2. The highest BCUT2D eigenvalue weighted by Crippen LogP contribution is 2.31. The van der Waals surface area contributed by atoms with Gasteiger partial charge in [-0.1, -0.05) is 61.9 Å². The summed E-state index contributed by atoms with van der Waals surface area (Å²) in [6.07, 6.45) is 3.65. The topological polar surface area (TPSA) is 62.0 Å². The fraction of sp³-hybridized carbons (Fsp3) is 0.231. The number of ketones is 1. The summed E-state index contributed by atoms with van der Waals surface area (Å²) in [6, 6.07) is 20.6. The number of H-pyrrole nitrogens is 1. The number of hydrogen-bond donors (Lipinski definition) is 2. The van der Waals surface area contributed by atoms with Crippen molar-refractivity contribution in [3.63, 3.8) is 0 Å². The van der Waals surface area contributed by atoms with Crippen LogP contribution in [0.15, 0.2) is 66.9 Å². The van der Waals surface area contributed by atoms with E-state index < -0.39 is 6.04 Å². The van der Waals surface area contributed by atoms with Gasteiger partial charge in [0.25, 0.3) is 0 Å². The molecule has 2 N–H and O–H groups in total. The summed E-state index contributed by atoms with van der Waals surface area (Å²) in [5, 5.41) is 6.33. The number of hydrogen-bond acceptors (Lipinski definition) is 2. The van der Waals surface area contributed by atoms with E-state index in [4.69, 9.17) is 0 Å². The molecule has 1 amide bonds. The Morgan fingerprint density at radius 3 is 2.60 bits per heavy atom. The Bertz CT molecular complexity index is 1220. The SMILES string of the molecule is CCC[C@H](NC(=O)Cc1c[nH]c2ccc(-c3cccc4ccccc34)cc12)C(C)=O. The second-order valence-electron chi connectivity index (χ2n) is 7.80. The van der Waals surface area contributed by atoms with Gasteiger partial charge in [0.1, 0.15) is 0 Å². The lowest BCUT2D eigenvalue weighted by molar-refractivity contribution is -0.126. The first kappa shape index (κ1) is 19.9. The number of nitrogens with one attached hydrogen (secondary N) is 2. The summed E-state index contributed by atoms with van der Waals surface area (Å²) >= 11 is 0. The van der Waals surface area contributed by atoms with E-state index in [1.165, 1.54) is 23.3 Å². The van der Waals surface area contributed by atoms with E-state index in [-0.39, 0.29) is 18.1 Å². The van der Waals surface area contributed by atoms with Crippen LogP contribution < -0.4 is 5.32 Å². The fourth-order valence-corrected chi connectivity index (χ4v) is 4.05. The van der Waals surface area contributed by atoms with E-state index in [9.17, 15) is 9.59 Å². The molecule has 152 valence electrons. The smallest absolute Gasteiger partial charge is 0.225 e. The number of Topliss-reactive ketones (excluding diaryl/α,β-unsaturated/α-hetero) is 1. The number of fused-ring (bicyclic) bond motifs is 2. The highest BCUT2D eigenvalue weighted by Gasteiger charge is 2.17. The van der Waals surface area contributed by atoms with Crippen LogP contribution in [0.3, 0.4) is 0 Å². The van der Waals surface area contributed by atoms with Crippen LogP contribution in [-0.2, 0) is 16.0 Å². The van der Waals surface area contributed by atoms with E-state index in [0.29, 0.717) is 6.42 Å². The number of amides is 1. The molecule has 4 nitrogen and oxygen atoms in total. The monoisotopic (exact) mass is 398 g/mol. The van der Waals surface area contributed by atoms with Crippen LogP contribution >= 0.6 is 0 Å². The molecule has 30 heavy (non-hydrogen) atoms. The van der Waals surface area contributed by atoms with Gasteiger partial charge < -0.3 is 10.3 Å². The molecule has 0 saturated carbocycles. The van der Waals surface area contributed by atoms with Crippen LogP contribution in [0.4, 0.5) is 0 Å². The average molecular weight is 399 g/mol. The molecule has 0 saturated heterocycles. The lowest BCUT2D eigenvalue weighted by Crippen LogP contribution is -2.40. The molecule has 0 radical (unpaired) electrons. The van der Waals surface area contributed by atoms with Gasteiger partial charge in [-0.15, -0.1) is 0 Å². The Balaban J connectivity index is 1.65. The highest BCUT2D eigenvalue weighted by molar-refractivity contribution is 5.99. The van der Waals surface area contributed by atoms with Crippen LogP contribution in [0.1, 0.15) is 32.3 Å². The Hall–Kier alpha value is -3.40. The van der Waals surface area contributed by atoms with Crippen molar-refractivity contribution in [2.75, 3.05) is 0 Å². The summed E-state index contributed by atoms with van der Waals surface area (Å²) in [4.78, 5) is 27.6. The summed E-state index contributed by atoms with van der Waals surface area (Å²) < 4.78 is 0. The fourth-order valence-electron chi connectivity index (χ4n) is 4.05. The van der Waals surface area contributed by atoms with Crippen LogP contribution in [0.25, 0.3) is 32.8 Å². The number of rotatable bonds is 7. The van der Waals surface area contributed by atoms with Gasteiger partial charge in [-0.25, -0.2) is 0 Å². The van der Waals surface area contributed by atoms with Gasteiger partial charge in [0.2, 0.25) is 5.91 Å². The molecule has 4 heteroatoms. The maximum absolute atomic E-state index is 12.6. The minimum absolute atomic E-state index is 0.00219. The van der Waals surface area contributed by atoms with Crippen LogP contribution in [0, 0.1) is 0 Å². The molecule has 0 aliphatic rings. The van der Waals surface area contributed by atoms with E-state index >= 15 is 0 Å². The van der Waals surface area contributed by atoms with Crippen molar-refractivity contribution in [2.45, 2.75) is 39.2 Å². The molecule has 1 aromatic heterocycles. The van der Waals surface area contributed by atoms with Crippen molar-refractivity contribution < 1.29 is 9.59 Å². The summed E-state index contributed by atoms with van der Waals surface area (Å²) in [7, 11) is 0. The van der Waals surface area contributed by atoms with Gasteiger partial charge in [-0.05, 0) is 52.9 Å². The molecule has 0 aliphatic carbocycles. The molecular formula is C26H26N2O2. The Kier molecular flexibility index (Phi) is 5.66. The van der Waals surface area contributed by atoms with Gasteiger partial charge in [0.15, 0.2) is 5.78 Å². The second-order valence-corrected chi connectivity index (χ2v) is 7.80. The van der Waals surface area contributed by atoms with Crippen molar-refractivity contribution in [1.82, 2.24) is 10.3 Å². The molecule has 1 heterocycles. The molecule has 0 unspecified atom stereocenters. The van der Waals surface area contributed by atoms with Crippen LogP contribution in [-0.4, -0.2) is 22.7 Å². The quantitative estimate of drug-likeness (QED) is 0.437. The predicted octanol–water partition coefficient (Wildman–Crippen LogP) is 5.40. The number of aromatic amines is 1. The summed E-state index contributed by atoms with van der Waals surface area (Å²) in [6.45, 7) is 3.54. The normalized spacial score (nSPS) is 12.2. The molecule has 4 rings (SSSR count). The van der Waals surface area contributed by atoms with E-state index in [2.05, 4.69) is 64.9 Å². The molecule has 0 spiro atoms. The van der Waals surface area contributed by atoms with Crippen molar-refractivity contribution in [2.24, 2.45) is 0 Å². The molecule has 3 aromatic carbocycles.